The van der Waals surface area contributed by atoms with Crippen LogP contribution in [0.2, 0.25) is 0 Å². The quantitative estimate of drug-likeness (QED) is 0.516. The van der Waals surface area contributed by atoms with Gasteiger partial charge in [0.15, 0.2) is 0 Å². The maximum Gasteiger partial charge on any atom is 0.0452 e. The van der Waals surface area contributed by atoms with Gasteiger partial charge >= 0.3 is 0 Å². The van der Waals surface area contributed by atoms with E-state index in [1.807, 2.05) is 6.07 Å². The molecule has 0 bridgehead atoms. The van der Waals surface area contributed by atoms with Crippen molar-refractivity contribution in [1.29, 1.82) is 0 Å². The Kier molecular flexibility index (Phi) is 1.04. The summed E-state index contributed by atoms with van der Waals surface area (Å²) >= 11 is 0. The highest BCUT2D eigenvalue weighted by atomic mass is 14.9. The Hall–Kier alpha value is -1.24. The van der Waals surface area contributed by atoms with Crippen LogP contribution in [0.1, 0.15) is 5.69 Å². The Morgan fingerprint density at radius 3 is 2.80 bits per heavy atom. The fraction of sp³-hybridized carbons (Fsp3) is 0.111. The molecule has 0 spiro atoms. The molecule has 0 fully saturated rings. The first-order chi connectivity index (χ1) is 4.88. The summed E-state index contributed by atoms with van der Waals surface area (Å²) in [5, 5.41) is 0. The molecular weight excluding hydrogens is 122 g/mol. The van der Waals surface area contributed by atoms with Crippen LogP contribution in [0.4, 0.5) is 0 Å². The Bertz CT molecular complexity index is 346. The fourth-order valence-corrected chi connectivity index (χ4v) is 1.20. The molecule has 0 aliphatic rings. The molecule has 10 heavy (non-hydrogen) atoms. The SMILES string of the molecule is Cc1ccc2ccccn12. The van der Waals surface area contributed by atoms with Crippen molar-refractivity contribution in [2.45, 2.75) is 6.92 Å². The van der Waals surface area contributed by atoms with Gasteiger partial charge in [-0.3, -0.25) is 0 Å². The van der Waals surface area contributed by atoms with Crippen molar-refractivity contribution in [2.24, 2.45) is 0 Å². The maximum absolute atomic E-state index is 2.17. The van der Waals surface area contributed by atoms with Gasteiger partial charge in [-0.15, -0.1) is 0 Å². The van der Waals surface area contributed by atoms with Crippen LogP contribution >= 0.6 is 0 Å². The molecular formula is C9H9N. The second-order valence-electron chi connectivity index (χ2n) is 2.47. The van der Waals surface area contributed by atoms with E-state index in [1.165, 1.54) is 11.2 Å². The highest BCUT2D eigenvalue weighted by Gasteiger charge is 1.91. The number of rotatable bonds is 0. The molecule has 0 N–H and O–H groups in total. The van der Waals surface area contributed by atoms with Crippen LogP contribution in [0.15, 0.2) is 36.5 Å². The monoisotopic (exact) mass is 131 g/mol. The number of fused-ring (bicyclic) bond motifs is 1. The summed E-state index contributed by atoms with van der Waals surface area (Å²) in [4.78, 5) is 0. The smallest absolute Gasteiger partial charge is 0.0452 e. The lowest BCUT2D eigenvalue weighted by atomic mass is 10.4. The fourth-order valence-electron chi connectivity index (χ4n) is 1.20. The molecule has 2 rings (SSSR count). The van der Waals surface area contributed by atoms with Crippen LogP contribution in [0, 0.1) is 6.92 Å². The minimum absolute atomic E-state index is 1.26. The molecule has 0 atom stereocenters. The van der Waals surface area contributed by atoms with Gasteiger partial charge in [-0.05, 0) is 31.2 Å². The summed E-state index contributed by atoms with van der Waals surface area (Å²) in [7, 11) is 0. The Morgan fingerprint density at radius 1 is 1.10 bits per heavy atom. The van der Waals surface area contributed by atoms with Crippen LogP contribution in [-0.2, 0) is 0 Å². The van der Waals surface area contributed by atoms with Crippen LogP contribution in [0.25, 0.3) is 5.52 Å². The predicted molar refractivity (Wildman–Crippen MR) is 42.1 cm³/mol. The number of pyridine rings is 1. The average Bonchev–Trinajstić information content (AvgIpc) is 2.34. The molecule has 2 aromatic heterocycles. The summed E-state index contributed by atoms with van der Waals surface area (Å²) < 4.78 is 2.17. The molecule has 0 radical (unpaired) electrons. The van der Waals surface area contributed by atoms with Crippen molar-refractivity contribution < 1.29 is 0 Å². The Balaban J connectivity index is 2.93. The predicted octanol–water partition coefficient (Wildman–Crippen LogP) is 2.25. The van der Waals surface area contributed by atoms with Crippen molar-refractivity contribution in [3.8, 4) is 0 Å². The second-order valence-corrected chi connectivity index (χ2v) is 2.47. The third-order valence-corrected chi connectivity index (χ3v) is 1.77. The number of hydrogen-bond donors (Lipinski definition) is 0. The standard InChI is InChI=1S/C9H9N/c1-8-5-6-9-4-2-3-7-10(8)9/h2-7H,1H3. The van der Waals surface area contributed by atoms with Gasteiger partial charge in [-0.25, -0.2) is 0 Å². The lowest BCUT2D eigenvalue weighted by molar-refractivity contribution is 1.11. The highest BCUT2D eigenvalue weighted by molar-refractivity contribution is 5.48. The van der Waals surface area contributed by atoms with E-state index in [1.54, 1.807) is 0 Å². The van der Waals surface area contributed by atoms with Crippen molar-refractivity contribution in [3.63, 3.8) is 0 Å². The molecule has 50 valence electrons. The van der Waals surface area contributed by atoms with Crippen molar-refractivity contribution in [2.75, 3.05) is 0 Å². The molecule has 1 heteroatoms. The van der Waals surface area contributed by atoms with E-state index in [9.17, 15) is 0 Å². The number of hydrogen-bond acceptors (Lipinski definition) is 0. The number of aromatic nitrogens is 1. The number of nitrogens with zero attached hydrogens (tertiary/aromatic N) is 1. The third-order valence-electron chi connectivity index (χ3n) is 1.77. The first kappa shape index (κ1) is 5.54. The topological polar surface area (TPSA) is 4.41 Å². The van der Waals surface area contributed by atoms with E-state index in [0.29, 0.717) is 0 Å². The first-order valence-electron chi connectivity index (χ1n) is 3.40. The van der Waals surface area contributed by atoms with E-state index in [2.05, 4.69) is 41.8 Å². The molecule has 0 aliphatic carbocycles. The maximum atomic E-state index is 2.17. The lowest BCUT2D eigenvalue weighted by Gasteiger charge is -1.93. The summed E-state index contributed by atoms with van der Waals surface area (Å²) in [6.07, 6.45) is 2.07. The molecule has 1 nitrogen and oxygen atoms in total. The summed E-state index contributed by atoms with van der Waals surface area (Å²) in [5.74, 6) is 0. The zero-order chi connectivity index (χ0) is 6.97. The minimum atomic E-state index is 1.26. The molecule has 0 saturated carbocycles. The molecule has 0 aliphatic heterocycles. The summed E-state index contributed by atoms with van der Waals surface area (Å²) in [6.45, 7) is 2.10. The normalized spacial score (nSPS) is 10.5. The molecule has 2 heterocycles. The van der Waals surface area contributed by atoms with E-state index in [-0.39, 0.29) is 0 Å². The highest BCUT2D eigenvalue weighted by Crippen LogP contribution is 2.07. The van der Waals surface area contributed by atoms with Crippen LogP contribution in [0.5, 0.6) is 0 Å². The zero-order valence-electron chi connectivity index (χ0n) is 5.91. The second kappa shape index (κ2) is 1.87. The minimum Gasteiger partial charge on any atom is -0.321 e. The molecule has 0 amide bonds. The molecule has 0 unspecified atom stereocenters. The molecule has 0 aromatic carbocycles. The van der Waals surface area contributed by atoms with Gasteiger partial charge < -0.3 is 4.40 Å². The van der Waals surface area contributed by atoms with Gasteiger partial charge in [0, 0.05) is 17.4 Å². The van der Waals surface area contributed by atoms with Gasteiger partial charge in [0.05, 0.1) is 0 Å². The van der Waals surface area contributed by atoms with E-state index in [0.717, 1.165) is 0 Å². The van der Waals surface area contributed by atoms with Crippen molar-refractivity contribution in [1.82, 2.24) is 4.40 Å². The average molecular weight is 131 g/mol. The lowest BCUT2D eigenvalue weighted by Crippen LogP contribution is -1.82. The van der Waals surface area contributed by atoms with Gasteiger partial charge in [0.2, 0.25) is 0 Å². The largest absolute Gasteiger partial charge is 0.321 e. The van der Waals surface area contributed by atoms with Crippen molar-refractivity contribution >= 4 is 5.52 Å². The third kappa shape index (κ3) is 0.637. The van der Waals surface area contributed by atoms with Gasteiger partial charge in [-0.2, -0.15) is 0 Å². The Labute approximate surface area is 59.9 Å². The first-order valence-corrected chi connectivity index (χ1v) is 3.40. The van der Waals surface area contributed by atoms with E-state index < -0.39 is 0 Å². The zero-order valence-corrected chi connectivity index (χ0v) is 5.91. The Morgan fingerprint density at radius 2 is 2.00 bits per heavy atom. The van der Waals surface area contributed by atoms with Gasteiger partial charge in [0.1, 0.15) is 0 Å². The van der Waals surface area contributed by atoms with E-state index in [4.69, 9.17) is 0 Å². The molecule has 0 saturated heterocycles. The number of aryl methyl sites for hydroxylation is 1. The summed E-state index contributed by atoms with van der Waals surface area (Å²) in [5.41, 5.74) is 2.55. The van der Waals surface area contributed by atoms with E-state index >= 15 is 0 Å². The van der Waals surface area contributed by atoms with Crippen LogP contribution < -0.4 is 0 Å². The van der Waals surface area contributed by atoms with Crippen LogP contribution in [-0.4, -0.2) is 4.40 Å². The van der Waals surface area contributed by atoms with Crippen LogP contribution in [0.3, 0.4) is 0 Å². The van der Waals surface area contributed by atoms with Crippen molar-refractivity contribution in [3.05, 3.63) is 42.2 Å². The molecule has 2 aromatic rings. The van der Waals surface area contributed by atoms with Gasteiger partial charge in [-0.1, -0.05) is 6.07 Å². The summed E-state index contributed by atoms with van der Waals surface area (Å²) in [6, 6.07) is 10.4. The van der Waals surface area contributed by atoms with Gasteiger partial charge in [0.25, 0.3) is 0 Å².